The predicted molar refractivity (Wildman–Crippen MR) is 57.3 cm³/mol. The van der Waals surface area contributed by atoms with Crippen LogP contribution in [0.3, 0.4) is 0 Å². The van der Waals surface area contributed by atoms with Crippen LogP contribution in [-0.2, 0) is 4.79 Å². The molecule has 0 bridgehead atoms. The first-order valence-corrected chi connectivity index (χ1v) is 5.20. The molecule has 0 N–H and O–H groups in total. The summed E-state index contributed by atoms with van der Waals surface area (Å²) in [5, 5.41) is 0.0421. The number of hydrogen-bond acceptors (Lipinski definition) is 2. The summed E-state index contributed by atoms with van der Waals surface area (Å²) in [7, 11) is 0. The van der Waals surface area contributed by atoms with Gasteiger partial charge in [0.15, 0.2) is 0 Å². The second kappa shape index (κ2) is 4.47. The summed E-state index contributed by atoms with van der Waals surface area (Å²) < 4.78 is 0. The molecule has 13 heavy (non-hydrogen) atoms. The molecule has 0 heterocycles. The highest BCUT2D eigenvalue weighted by atomic mass is 32.2. The summed E-state index contributed by atoms with van der Waals surface area (Å²) in [5.74, 6) is 0. The largest absolute Gasteiger partial charge is 0.302 e. The molecule has 0 saturated heterocycles. The second-order valence-electron chi connectivity index (χ2n) is 3.23. The quantitative estimate of drug-likeness (QED) is 0.543. The zero-order valence-corrected chi connectivity index (χ0v) is 9.02. The van der Waals surface area contributed by atoms with Crippen molar-refractivity contribution in [2.75, 3.05) is 0 Å². The van der Waals surface area contributed by atoms with Crippen molar-refractivity contribution in [1.82, 2.24) is 0 Å². The van der Waals surface area contributed by atoms with Crippen molar-refractivity contribution in [2.45, 2.75) is 30.9 Å². The van der Waals surface area contributed by atoms with Crippen LogP contribution >= 0.6 is 11.8 Å². The van der Waals surface area contributed by atoms with Gasteiger partial charge in [-0.15, -0.1) is 11.8 Å². The molecule has 0 saturated carbocycles. The summed E-state index contributed by atoms with van der Waals surface area (Å²) in [4.78, 5) is 11.7. The van der Waals surface area contributed by atoms with Gasteiger partial charge in [0, 0.05) is 4.90 Å². The van der Waals surface area contributed by atoms with Crippen LogP contribution in [0.15, 0.2) is 23.1 Å². The van der Waals surface area contributed by atoms with Gasteiger partial charge in [-0.25, -0.2) is 0 Å². The zero-order chi connectivity index (χ0) is 9.84. The van der Waals surface area contributed by atoms with E-state index < -0.39 is 0 Å². The summed E-state index contributed by atoms with van der Waals surface area (Å²) in [6.07, 6.45) is 0.979. The lowest BCUT2D eigenvalue weighted by molar-refractivity contribution is -0.107. The minimum atomic E-state index is 0.0421. The van der Waals surface area contributed by atoms with Gasteiger partial charge in [-0.05, 0) is 32.4 Å². The number of aldehydes is 1. The maximum Gasteiger partial charge on any atom is 0.133 e. The number of carbonyl (C=O) groups is 1. The standard InChI is InChI=1S/C11H14OS/c1-8-4-5-9(2)11(6-8)13-10(3)7-12/h4-7,10H,1-3H3. The molecule has 70 valence electrons. The highest BCUT2D eigenvalue weighted by Crippen LogP contribution is 2.26. The van der Waals surface area contributed by atoms with Crippen LogP contribution in [0.2, 0.25) is 0 Å². The number of benzene rings is 1. The van der Waals surface area contributed by atoms with Crippen LogP contribution in [0.1, 0.15) is 18.1 Å². The van der Waals surface area contributed by atoms with Gasteiger partial charge in [0.05, 0.1) is 5.25 Å². The maximum absolute atomic E-state index is 10.5. The van der Waals surface area contributed by atoms with Crippen molar-refractivity contribution in [2.24, 2.45) is 0 Å². The molecular weight excluding hydrogens is 180 g/mol. The highest BCUT2D eigenvalue weighted by Gasteiger charge is 2.04. The van der Waals surface area contributed by atoms with Gasteiger partial charge < -0.3 is 4.79 Å². The van der Waals surface area contributed by atoms with Crippen molar-refractivity contribution < 1.29 is 4.79 Å². The molecule has 1 rings (SSSR count). The second-order valence-corrected chi connectivity index (χ2v) is 4.65. The van der Waals surface area contributed by atoms with E-state index in [4.69, 9.17) is 0 Å². The van der Waals surface area contributed by atoms with Gasteiger partial charge in [-0.1, -0.05) is 17.7 Å². The SMILES string of the molecule is Cc1ccc(C)c(SC(C)C=O)c1. The Labute approximate surface area is 83.5 Å². The van der Waals surface area contributed by atoms with Gasteiger partial charge in [0.2, 0.25) is 0 Å². The molecule has 0 spiro atoms. The molecule has 0 aromatic heterocycles. The Hall–Kier alpha value is -0.760. The van der Waals surface area contributed by atoms with E-state index in [1.165, 1.54) is 16.0 Å². The Morgan fingerprint density at radius 2 is 2.08 bits per heavy atom. The molecule has 1 unspecified atom stereocenters. The third-order valence-corrected chi connectivity index (χ3v) is 3.02. The monoisotopic (exact) mass is 194 g/mol. The molecule has 1 atom stereocenters. The minimum Gasteiger partial charge on any atom is -0.302 e. The van der Waals surface area contributed by atoms with E-state index in [9.17, 15) is 4.79 Å². The van der Waals surface area contributed by atoms with Crippen molar-refractivity contribution in [3.8, 4) is 0 Å². The van der Waals surface area contributed by atoms with E-state index in [-0.39, 0.29) is 5.25 Å². The van der Waals surface area contributed by atoms with Gasteiger partial charge in [0.1, 0.15) is 6.29 Å². The third-order valence-electron chi connectivity index (χ3n) is 1.85. The first-order chi connectivity index (χ1) is 6.13. The van der Waals surface area contributed by atoms with Gasteiger partial charge in [0.25, 0.3) is 0 Å². The van der Waals surface area contributed by atoms with Crippen molar-refractivity contribution in [1.29, 1.82) is 0 Å². The summed E-state index contributed by atoms with van der Waals surface area (Å²) in [6.45, 7) is 6.05. The lowest BCUT2D eigenvalue weighted by Crippen LogP contribution is -1.97. The van der Waals surface area contributed by atoms with E-state index in [1.54, 1.807) is 11.8 Å². The fourth-order valence-corrected chi connectivity index (χ4v) is 2.03. The summed E-state index contributed by atoms with van der Waals surface area (Å²) in [5.41, 5.74) is 2.48. The van der Waals surface area contributed by atoms with Gasteiger partial charge >= 0.3 is 0 Å². The number of hydrogen-bond donors (Lipinski definition) is 0. The Morgan fingerprint density at radius 3 is 2.69 bits per heavy atom. The van der Waals surface area contributed by atoms with Crippen molar-refractivity contribution in [3.63, 3.8) is 0 Å². The van der Waals surface area contributed by atoms with E-state index in [1.807, 2.05) is 6.92 Å². The smallest absolute Gasteiger partial charge is 0.133 e. The van der Waals surface area contributed by atoms with E-state index in [0.717, 1.165) is 6.29 Å². The summed E-state index contributed by atoms with van der Waals surface area (Å²) in [6, 6.07) is 6.31. The van der Waals surface area contributed by atoms with Crippen LogP contribution in [0.25, 0.3) is 0 Å². The molecule has 1 aromatic rings. The Balaban J connectivity index is 2.86. The molecule has 0 radical (unpaired) electrons. The molecule has 0 aliphatic heterocycles. The number of thioether (sulfide) groups is 1. The van der Waals surface area contributed by atoms with Crippen molar-refractivity contribution in [3.05, 3.63) is 29.3 Å². The molecule has 1 nitrogen and oxygen atoms in total. The Bertz CT molecular complexity index is 307. The predicted octanol–water partition coefficient (Wildman–Crippen LogP) is 2.98. The normalized spacial score (nSPS) is 12.5. The summed E-state index contributed by atoms with van der Waals surface area (Å²) >= 11 is 1.62. The van der Waals surface area contributed by atoms with Crippen LogP contribution in [0.4, 0.5) is 0 Å². The van der Waals surface area contributed by atoms with Gasteiger partial charge in [-0.2, -0.15) is 0 Å². The molecule has 0 amide bonds. The molecule has 0 aliphatic carbocycles. The molecule has 2 heteroatoms. The zero-order valence-electron chi connectivity index (χ0n) is 8.20. The molecule has 0 aliphatic rings. The van der Waals surface area contributed by atoms with E-state index in [2.05, 4.69) is 32.0 Å². The fraction of sp³-hybridized carbons (Fsp3) is 0.364. The molecular formula is C11H14OS. The lowest BCUT2D eigenvalue weighted by atomic mass is 10.2. The average molecular weight is 194 g/mol. The first kappa shape index (κ1) is 10.3. The van der Waals surface area contributed by atoms with Crippen LogP contribution in [0.5, 0.6) is 0 Å². The maximum atomic E-state index is 10.5. The first-order valence-electron chi connectivity index (χ1n) is 4.32. The van der Waals surface area contributed by atoms with Crippen LogP contribution in [0, 0.1) is 13.8 Å². The topological polar surface area (TPSA) is 17.1 Å². The van der Waals surface area contributed by atoms with E-state index in [0.29, 0.717) is 0 Å². The average Bonchev–Trinajstić information content (AvgIpc) is 2.11. The van der Waals surface area contributed by atoms with E-state index >= 15 is 0 Å². The Morgan fingerprint density at radius 1 is 1.38 bits per heavy atom. The lowest BCUT2D eigenvalue weighted by Gasteiger charge is -2.07. The number of aryl methyl sites for hydroxylation is 2. The third kappa shape index (κ3) is 2.88. The molecule has 1 aromatic carbocycles. The van der Waals surface area contributed by atoms with Crippen molar-refractivity contribution >= 4 is 18.0 Å². The van der Waals surface area contributed by atoms with Crippen LogP contribution in [-0.4, -0.2) is 11.5 Å². The number of carbonyl (C=O) groups excluding carboxylic acids is 1. The Kier molecular flexibility index (Phi) is 3.55. The van der Waals surface area contributed by atoms with Gasteiger partial charge in [-0.3, -0.25) is 0 Å². The highest BCUT2D eigenvalue weighted by molar-refractivity contribution is 8.00. The number of rotatable bonds is 3. The minimum absolute atomic E-state index is 0.0421. The van der Waals surface area contributed by atoms with Crippen LogP contribution < -0.4 is 0 Å². The fourth-order valence-electron chi connectivity index (χ4n) is 1.06. The molecule has 0 fully saturated rings.